The Morgan fingerprint density at radius 1 is 1.07 bits per heavy atom. The third kappa shape index (κ3) is 5.50. The van der Waals surface area contributed by atoms with E-state index in [-0.39, 0.29) is 30.2 Å². The molecular weight excluding hydrogens is 388 g/mol. The highest BCUT2D eigenvalue weighted by molar-refractivity contribution is 5.95. The average molecular weight is 412 g/mol. The fourth-order valence-corrected chi connectivity index (χ4v) is 3.24. The summed E-state index contributed by atoms with van der Waals surface area (Å²) in [5.41, 5.74) is 0.895. The molecule has 2 N–H and O–H groups in total. The Kier molecular flexibility index (Phi) is 6.90. The Morgan fingerprint density at radius 2 is 1.77 bits per heavy atom. The van der Waals surface area contributed by atoms with Crippen molar-refractivity contribution in [2.75, 3.05) is 19.7 Å². The van der Waals surface area contributed by atoms with Gasteiger partial charge in [-0.15, -0.1) is 0 Å². The molecule has 0 radical (unpaired) electrons. The minimum Gasteiger partial charge on any atom is -0.508 e. The topological polar surface area (TPSA) is 105 Å². The molecule has 0 spiro atoms. The molecule has 0 unspecified atom stereocenters. The number of rotatable bonds is 5. The van der Waals surface area contributed by atoms with E-state index in [2.05, 4.69) is 5.32 Å². The minimum absolute atomic E-state index is 0.0406. The predicted octanol–water partition coefficient (Wildman–Crippen LogP) is 2.96. The summed E-state index contributed by atoms with van der Waals surface area (Å²) in [5.74, 6) is -0.00579. The van der Waals surface area contributed by atoms with Crippen molar-refractivity contribution in [3.8, 4) is 11.5 Å². The summed E-state index contributed by atoms with van der Waals surface area (Å²) < 4.78 is 9.67. The van der Waals surface area contributed by atoms with Gasteiger partial charge in [-0.1, -0.05) is 6.07 Å². The van der Waals surface area contributed by atoms with E-state index in [0.717, 1.165) is 0 Å². The number of piperidine rings is 1. The monoisotopic (exact) mass is 412 g/mol. The number of hydrogen-bond donors (Lipinski definition) is 2. The number of carbonyl (C=O) groups is 3. The highest BCUT2D eigenvalue weighted by atomic mass is 16.7. The average Bonchev–Trinajstić information content (AvgIpc) is 2.74. The van der Waals surface area contributed by atoms with Crippen molar-refractivity contribution in [2.24, 2.45) is 0 Å². The number of likely N-dealkylation sites (tertiary alicyclic amines) is 1. The molecule has 0 atom stereocenters. The molecule has 2 amide bonds. The Hall–Kier alpha value is -3.55. The number of hydrogen-bond acceptors (Lipinski definition) is 6. The van der Waals surface area contributed by atoms with Crippen LogP contribution in [0.4, 0.5) is 4.79 Å². The van der Waals surface area contributed by atoms with Crippen LogP contribution >= 0.6 is 0 Å². The van der Waals surface area contributed by atoms with Gasteiger partial charge in [0.2, 0.25) is 0 Å². The van der Waals surface area contributed by atoms with Gasteiger partial charge in [-0.05, 0) is 62.2 Å². The number of nitrogens with one attached hydrogen (secondary N) is 1. The van der Waals surface area contributed by atoms with Crippen LogP contribution in [0.2, 0.25) is 0 Å². The molecule has 2 aromatic carbocycles. The zero-order chi connectivity index (χ0) is 21.5. The molecule has 8 nitrogen and oxygen atoms in total. The quantitative estimate of drug-likeness (QED) is 0.578. The van der Waals surface area contributed by atoms with Gasteiger partial charge in [0.05, 0.1) is 6.61 Å². The number of amides is 2. The van der Waals surface area contributed by atoms with Gasteiger partial charge < -0.3 is 24.8 Å². The van der Waals surface area contributed by atoms with Gasteiger partial charge >= 0.3 is 6.16 Å². The molecule has 0 bridgehead atoms. The Balaban J connectivity index is 1.49. The maximum absolute atomic E-state index is 12.5. The number of carbonyl (C=O) groups excluding carboxylic acids is 3. The van der Waals surface area contributed by atoms with Gasteiger partial charge in [-0.25, -0.2) is 4.79 Å². The van der Waals surface area contributed by atoms with Crippen LogP contribution in [0.15, 0.2) is 48.5 Å². The summed E-state index contributed by atoms with van der Waals surface area (Å²) in [4.78, 5) is 38.0. The Bertz CT molecular complexity index is 904. The highest BCUT2D eigenvalue weighted by Gasteiger charge is 2.25. The van der Waals surface area contributed by atoms with Gasteiger partial charge in [-0.2, -0.15) is 0 Å². The largest absolute Gasteiger partial charge is 0.513 e. The lowest BCUT2D eigenvalue weighted by Crippen LogP contribution is -2.46. The van der Waals surface area contributed by atoms with Gasteiger partial charge in [0.25, 0.3) is 11.8 Å². The van der Waals surface area contributed by atoms with Crippen molar-refractivity contribution in [2.45, 2.75) is 25.8 Å². The van der Waals surface area contributed by atoms with Crippen LogP contribution in [0.25, 0.3) is 0 Å². The summed E-state index contributed by atoms with van der Waals surface area (Å²) >= 11 is 0. The fourth-order valence-electron chi connectivity index (χ4n) is 3.24. The number of phenolic OH excluding ortho intramolecular Hbond substituents is 1. The van der Waals surface area contributed by atoms with Crippen LogP contribution in [-0.4, -0.2) is 53.7 Å². The second kappa shape index (κ2) is 9.78. The summed E-state index contributed by atoms with van der Waals surface area (Å²) in [7, 11) is 0. The minimum atomic E-state index is -0.790. The molecule has 3 rings (SSSR count). The first-order valence-corrected chi connectivity index (χ1v) is 9.80. The lowest BCUT2D eigenvalue weighted by atomic mass is 10.0. The molecule has 2 aromatic rings. The van der Waals surface area contributed by atoms with Crippen LogP contribution < -0.4 is 10.1 Å². The lowest BCUT2D eigenvalue weighted by molar-refractivity contribution is 0.0697. The number of phenols is 1. The fraction of sp³-hybridized carbons (Fsp3) is 0.318. The Labute approximate surface area is 174 Å². The number of aromatic hydroxyl groups is 1. The van der Waals surface area contributed by atoms with Crippen molar-refractivity contribution in [3.63, 3.8) is 0 Å². The molecular formula is C22H24N2O6. The molecule has 0 aromatic heterocycles. The Morgan fingerprint density at radius 3 is 2.40 bits per heavy atom. The van der Waals surface area contributed by atoms with Crippen molar-refractivity contribution in [3.05, 3.63) is 59.7 Å². The molecule has 1 heterocycles. The smallest absolute Gasteiger partial charge is 0.508 e. The third-order valence-electron chi connectivity index (χ3n) is 4.79. The number of ether oxygens (including phenoxy) is 2. The first-order chi connectivity index (χ1) is 14.5. The lowest BCUT2D eigenvalue weighted by Gasteiger charge is -2.32. The van der Waals surface area contributed by atoms with E-state index in [9.17, 15) is 19.5 Å². The molecule has 0 saturated carbocycles. The number of nitrogens with zero attached hydrogens (tertiary/aromatic N) is 1. The van der Waals surface area contributed by atoms with Crippen LogP contribution in [0.1, 0.15) is 40.5 Å². The van der Waals surface area contributed by atoms with E-state index in [4.69, 9.17) is 9.47 Å². The normalized spacial score (nSPS) is 14.1. The van der Waals surface area contributed by atoms with E-state index in [1.54, 1.807) is 36.1 Å². The molecule has 8 heteroatoms. The zero-order valence-corrected chi connectivity index (χ0v) is 16.7. The third-order valence-corrected chi connectivity index (χ3v) is 4.79. The standard InChI is InChI=1S/C22H24N2O6/c1-2-29-22(28)30-19-8-6-15(7-9-19)20(26)23-17-10-12-24(13-11-17)21(27)16-4-3-5-18(25)14-16/h3-9,14,17,25H,2,10-13H2,1H3,(H,23,26). The van der Waals surface area contributed by atoms with Crippen LogP contribution in [0.3, 0.4) is 0 Å². The van der Waals surface area contributed by atoms with Gasteiger partial charge in [-0.3, -0.25) is 9.59 Å². The molecule has 1 aliphatic rings. The maximum Gasteiger partial charge on any atom is 0.513 e. The van der Waals surface area contributed by atoms with Gasteiger partial charge in [0, 0.05) is 30.3 Å². The second-order valence-corrected chi connectivity index (χ2v) is 6.90. The van der Waals surface area contributed by atoms with Crippen molar-refractivity contribution >= 4 is 18.0 Å². The SMILES string of the molecule is CCOC(=O)Oc1ccc(C(=O)NC2CCN(C(=O)c3cccc(O)c3)CC2)cc1. The second-order valence-electron chi connectivity index (χ2n) is 6.90. The summed E-state index contributed by atoms with van der Waals surface area (Å²) in [6.45, 7) is 2.94. The van der Waals surface area contributed by atoms with Crippen LogP contribution in [0, 0.1) is 0 Å². The maximum atomic E-state index is 12.5. The van der Waals surface area contributed by atoms with E-state index in [1.807, 2.05) is 0 Å². The van der Waals surface area contributed by atoms with E-state index < -0.39 is 6.16 Å². The number of benzene rings is 2. The molecule has 158 valence electrons. The summed E-state index contributed by atoms with van der Waals surface area (Å²) in [6, 6.07) is 12.4. The van der Waals surface area contributed by atoms with Crippen molar-refractivity contribution in [1.29, 1.82) is 0 Å². The molecule has 0 aliphatic carbocycles. The molecule has 1 fully saturated rings. The molecule has 30 heavy (non-hydrogen) atoms. The van der Waals surface area contributed by atoms with Crippen LogP contribution in [-0.2, 0) is 4.74 Å². The zero-order valence-electron chi connectivity index (χ0n) is 16.7. The molecule has 1 aliphatic heterocycles. The van der Waals surface area contributed by atoms with E-state index in [0.29, 0.717) is 42.8 Å². The molecule has 1 saturated heterocycles. The predicted molar refractivity (Wildman–Crippen MR) is 109 cm³/mol. The summed E-state index contributed by atoms with van der Waals surface area (Å²) in [5, 5.41) is 12.5. The van der Waals surface area contributed by atoms with Gasteiger partial charge in [0.15, 0.2) is 0 Å². The first-order valence-electron chi connectivity index (χ1n) is 9.80. The van der Waals surface area contributed by atoms with E-state index in [1.165, 1.54) is 24.3 Å². The van der Waals surface area contributed by atoms with Gasteiger partial charge in [0.1, 0.15) is 11.5 Å². The summed E-state index contributed by atoms with van der Waals surface area (Å²) in [6.07, 6.45) is 0.488. The van der Waals surface area contributed by atoms with Crippen molar-refractivity contribution in [1.82, 2.24) is 10.2 Å². The van der Waals surface area contributed by atoms with Crippen LogP contribution in [0.5, 0.6) is 11.5 Å². The highest BCUT2D eigenvalue weighted by Crippen LogP contribution is 2.18. The van der Waals surface area contributed by atoms with Crippen molar-refractivity contribution < 1.29 is 29.0 Å². The first kappa shape index (κ1) is 21.2. The van der Waals surface area contributed by atoms with E-state index >= 15 is 0 Å².